The van der Waals surface area contributed by atoms with Crippen LogP contribution in [0.15, 0.2) is 540 Å². The Morgan fingerprint density at radius 3 is 0.673 bits per heavy atom. The topological polar surface area (TPSA) is 168 Å². The van der Waals surface area contributed by atoms with Gasteiger partial charge in [-0.15, -0.1) is 0 Å². The average Bonchev–Trinajstić information content (AvgIpc) is 0.768. The van der Waals surface area contributed by atoms with Crippen molar-refractivity contribution in [1.29, 1.82) is 0 Å². The van der Waals surface area contributed by atoms with Gasteiger partial charge in [-0.25, -0.2) is 49.8 Å². The summed E-state index contributed by atoms with van der Waals surface area (Å²) in [6, 6.07) is 180. The third kappa shape index (κ3) is 18.8. The number of hydrogen-bond acceptors (Lipinski definition) is 13. The number of nitrogens with zero attached hydrogens (tertiary/aromatic N) is 13. The molecule has 0 bridgehead atoms. The summed E-state index contributed by atoms with van der Waals surface area (Å²) < 4.78 is 0. The van der Waals surface area contributed by atoms with E-state index in [0.29, 0.717) is 52.4 Å². The summed E-state index contributed by atoms with van der Waals surface area (Å²) in [5, 5.41) is 10.5. The molecule has 0 aliphatic rings. The second-order valence-electron chi connectivity index (χ2n) is 36.7. The molecule has 20 aromatic carbocycles. The lowest BCUT2D eigenvalue weighted by molar-refractivity contribution is 1.07. The summed E-state index contributed by atoms with van der Waals surface area (Å²) in [5.41, 5.74) is 31.6. The van der Waals surface area contributed by atoms with E-state index in [9.17, 15) is 0 Å². The lowest BCUT2D eigenvalue weighted by atomic mass is 9.89. The van der Waals surface area contributed by atoms with E-state index >= 15 is 0 Å². The van der Waals surface area contributed by atoms with Gasteiger partial charge < -0.3 is 0 Å². The molecule has 0 aliphatic heterocycles. The first-order valence-corrected chi connectivity index (χ1v) is 50.0. The fourth-order valence-electron chi connectivity index (χ4n) is 19.9. The Hall–Kier alpha value is -20.4. The van der Waals surface area contributed by atoms with E-state index in [1.54, 1.807) is 0 Å². The third-order valence-corrected chi connectivity index (χ3v) is 27.4. The molecular weight excluding hydrogens is 1830 g/mol. The zero-order valence-electron chi connectivity index (χ0n) is 81.2. The summed E-state index contributed by atoms with van der Waals surface area (Å²) in [5.74, 6) is 5.81. The molecular formula is C137H89N13. The molecule has 0 spiro atoms. The van der Waals surface area contributed by atoms with Gasteiger partial charge >= 0.3 is 0 Å². The minimum Gasteiger partial charge on any atom is -0.256 e. The van der Waals surface area contributed by atoms with Crippen molar-refractivity contribution in [2.75, 3.05) is 0 Å². The second-order valence-corrected chi connectivity index (χ2v) is 36.7. The third-order valence-electron chi connectivity index (χ3n) is 27.4. The molecule has 150 heavy (non-hydrogen) atoms. The Morgan fingerprint density at radius 1 is 0.107 bits per heavy atom. The first kappa shape index (κ1) is 90.8. The highest BCUT2D eigenvalue weighted by atomic mass is 15.1. The van der Waals surface area contributed by atoms with Crippen LogP contribution >= 0.6 is 0 Å². The standard InChI is InChI=1S/C49H31N5.C46H30N4.C42H28N4/c1-3-11-38(12-4-1)47-52-48(39-13-5-2-6-14-39)54-49(53-47)40-25-21-35(22-26-40)44-41-16-8-7-10-32(41)27-29-42(44)33-17-19-34(20-18-33)43-30-28-37-24-23-36-15-9-31-50-45(36)46(37)51-43;1-3-12-36(13-4-1)44-48-45(37-14-5-2-6-15-37)50-46(49-44)38-26-24-34(25-27-38)42-39-18-8-7-11-31(39)28-29-40(42)32-20-22-33(23-21-32)41-19-9-16-35-17-10-30-47-43(35)41;1-3-12-33(13-4-1)40-44-41(34-14-5-2-6-15-34)46-42(45-40)35-24-22-32(23-25-35)39-36-16-8-7-11-29(36)26-27-37(39)30-18-20-31(21-19-30)38-17-9-10-28-43-38/h1-31H;1-30H;1-28H. The Kier molecular flexibility index (Phi) is 24.9. The summed E-state index contributed by atoms with van der Waals surface area (Å²) in [6.45, 7) is 0. The van der Waals surface area contributed by atoms with Crippen LogP contribution in [0.4, 0.5) is 0 Å². The van der Waals surface area contributed by atoms with Crippen molar-refractivity contribution in [3.05, 3.63) is 540 Å². The number of pyridine rings is 4. The van der Waals surface area contributed by atoms with Crippen molar-refractivity contribution in [1.82, 2.24) is 64.8 Å². The molecule has 0 saturated heterocycles. The van der Waals surface area contributed by atoms with Gasteiger partial charge in [0.1, 0.15) is 0 Å². The highest BCUT2D eigenvalue weighted by Gasteiger charge is 2.23. The van der Waals surface area contributed by atoms with Crippen LogP contribution in [0.3, 0.4) is 0 Å². The van der Waals surface area contributed by atoms with Gasteiger partial charge in [0.15, 0.2) is 52.4 Å². The Morgan fingerprint density at radius 2 is 0.340 bits per heavy atom. The quantitative estimate of drug-likeness (QED) is 0.0745. The molecule has 0 saturated carbocycles. The molecule has 27 aromatic rings. The van der Waals surface area contributed by atoms with Crippen molar-refractivity contribution in [3.8, 4) is 203 Å². The Labute approximate surface area is 867 Å². The van der Waals surface area contributed by atoms with E-state index in [0.717, 1.165) is 155 Å². The van der Waals surface area contributed by atoms with Gasteiger partial charge in [0.2, 0.25) is 0 Å². The van der Waals surface area contributed by atoms with Crippen LogP contribution in [0.5, 0.6) is 0 Å². The largest absolute Gasteiger partial charge is 0.256 e. The predicted molar refractivity (Wildman–Crippen MR) is 614 cm³/mol. The first-order chi connectivity index (χ1) is 74.3. The van der Waals surface area contributed by atoms with Crippen molar-refractivity contribution >= 4 is 65.0 Å². The summed E-state index contributed by atoms with van der Waals surface area (Å²) in [4.78, 5) is 63.1. The van der Waals surface area contributed by atoms with Crippen molar-refractivity contribution in [3.63, 3.8) is 0 Å². The highest BCUT2D eigenvalue weighted by molar-refractivity contribution is 6.09. The minimum absolute atomic E-state index is 0.633. The van der Waals surface area contributed by atoms with Crippen LogP contribution in [-0.4, -0.2) is 64.8 Å². The average molecular weight is 1920 g/mol. The number of fused-ring (bicyclic) bond motifs is 7. The van der Waals surface area contributed by atoms with Crippen molar-refractivity contribution in [2.24, 2.45) is 0 Å². The fraction of sp³-hybridized carbons (Fsp3) is 0. The van der Waals surface area contributed by atoms with Gasteiger partial charge in [-0.3, -0.25) is 15.0 Å². The monoisotopic (exact) mass is 1920 g/mol. The lowest BCUT2D eigenvalue weighted by Gasteiger charge is -2.15. The Bertz CT molecular complexity index is 9430. The molecule has 13 heteroatoms. The molecule has 7 aromatic heterocycles. The molecule has 702 valence electrons. The van der Waals surface area contributed by atoms with Gasteiger partial charge in [-0.1, -0.05) is 491 Å². The molecule has 27 rings (SSSR count). The maximum absolute atomic E-state index is 5.08. The summed E-state index contributed by atoms with van der Waals surface area (Å²) in [6.07, 6.45) is 5.52. The van der Waals surface area contributed by atoms with Gasteiger partial charge in [0.25, 0.3) is 0 Å². The molecule has 0 fully saturated rings. The summed E-state index contributed by atoms with van der Waals surface area (Å²) >= 11 is 0. The molecule has 7 heterocycles. The Balaban J connectivity index is 0.000000117. The van der Waals surface area contributed by atoms with Crippen LogP contribution in [0, 0.1) is 0 Å². The highest BCUT2D eigenvalue weighted by Crippen LogP contribution is 2.46. The van der Waals surface area contributed by atoms with Gasteiger partial charge in [-0.05, 0) is 135 Å². The smallest absolute Gasteiger partial charge is 0.164 e. The molecule has 0 N–H and O–H groups in total. The summed E-state index contributed by atoms with van der Waals surface area (Å²) in [7, 11) is 0. The zero-order valence-corrected chi connectivity index (χ0v) is 81.2. The zero-order chi connectivity index (χ0) is 99.8. The van der Waals surface area contributed by atoms with Crippen LogP contribution in [0.25, 0.3) is 268 Å². The number of benzene rings is 20. The molecule has 13 nitrogen and oxygen atoms in total. The fourth-order valence-corrected chi connectivity index (χ4v) is 19.9. The molecule has 0 aliphatic carbocycles. The normalized spacial score (nSPS) is 11.2. The minimum atomic E-state index is 0.633. The maximum atomic E-state index is 5.08. The molecule has 0 unspecified atom stereocenters. The molecule has 0 atom stereocenters. The van der Waals surface area contributed by atoms with E-state index in [1.165, 1.54) is 60.1 Å². The predicted octanol–water partition coefficient (Wildman–Crippen LogP) is 34.1. The van der Waals surface area contributed by atoms with E-state index in [2.05, 4.69) is 324 Å². The van der Waals surface area contributed by atoms with Crippen molar-refractivity contribution < 1.29 is 0 Å². The van der Waals surface area contributed by atoms with Crippen molar-refractivity contribution in [2.45, 2.75) is 0 Å². The van der Waals surface area contributed by atoms with Crippen LogP contribution < -0.4 is 0 Å². The van der Waals surface area contributed by atoms with Crippen LogP contribution in [-0.2, 0) is 0 Å². The van der Waals surface area contributed by atoms with Gasteiger partial charge in [0, 0.05) is 102 Å². The second kappa shape index (κ2) is 41.1. The number of aromatic nitrogens is 13. The number of rotatable bonds is 18. The first-order valence-electron chi connectivity index (χ1n) is 50.0. The van der Waals surface area contributed by atoms with E-state index in [1.807, 2.05) is 231 Å². The molecule has 0 amide bonds. The van der Waals surface area contributed by atoms with Gasteiger partial charge in [0.05, 0.1) is 27.9 Å². The van der Waals surface area contributed by atoms with E-state index in [4.69, 9.17) is 49.8 Å². The SMILES string of the molecule is c1ccc(-c2nc(-c3ccccc3)nc(-c3ccc(-c4c(-c5ccc(-c6ccc7ccc8cccnc8c7n6)cc5)ccc5ccccc45)cc3)n2)cc1.c1ccc(-c2nc(-c3ccccc3)nc(-c3ccc(-c4c(-c5ccc(-c6cccc7cccnc67)cc5)ccc5ccccc45)cc3)n2)cc1.c1ccc(-c2nc(-c3ccccc3)nc(-c3ccc(-c4c(-c5ccc(-c6ccccn6)cc5)ccc5ccccc45)cc3)n2)cc1. The molecule has 0 radical (unpaired) electrons. The van der Waals surface area contributed by atoms with Crippen LogP contribution in [0.1, 0.15) is 0 Å². The van der Waals surface area contributed by atoms with Gasteiger partial charge in [-0.2, -0.15) is 0 Å². The number of hydrogen-bond donors (Lipinski definition) is 0. The van der Waals surface area contributed by atoms with Crippen LogP contribution in [0.2, 0.25) is 0 Å². The number of para-hydroxylation sites is 1. The maximum Gasteiger partial charge on any atom is 0.164 e. The van der Waals surface area contributed by atoms with E-state index in [-0.39, 0.29) is 0 Å². The van der Waals surface area contributed by atoms with E-state index < -0.39 is 0 Å². The lowest BCUT2D eigenvalue weighted by Crippen LogP contribution is -2.00.